The highest BCUT2D eigenvalue weighted by molar-refractivity contribution is 5.98. The lowest BCUT2D eigenvalue weighted by molar-refractivity contribution is -0.122. The van der Waals surface area contributed by atoms with Crippen LogP contribution in [0.15, 0.2) is 36.4 Å². The van der Waals surface area contributed by atoms with Gasteiger partial charge in [0, 0.05) is 0 Å². The molecule has 24 heavy (non-hydrogen) atoms. The van der Waals surface area contributed by atoms with Gasteiger partial charge in [0.05, 0.1) is 12.1 Å². The van der Waals surface area contributed by atoms with Crippen molar-refractivity contribution in [1.82, 2.24) is 0 Å². The Morgan fingerprint density at radius 2 is 1.96 bits per heavy atom. The van der Waals surface area contributed by atoms with E-state index in [1.54, 1.807) is 25.1 Å². The van der Waals surface area contributed by atoms with E-state index in [9.17, 15) is 18.4 Å². The molecule has 0 aliphatic carbocycles. The van der Waals surface area contributed by atoms with Crippen molar-refractivity contribution in [3.63, 3.8) is 0 Å². The zero-order chi connectivity index (χ0) is 17.3. The van der Waals surface area contributed by atoms with Crippen molar-refractivity contribution in [3.05, 3.63) is 53.6 Å². The Morgan fingerprint density at radius 1 is 1.25 bits per heavy atom. The zero-order valence-corrected chi connectivity index (χ0v) is 12.7. The molecule has 0 radical (unpaired) electrons. The van der Waals surface area contributed by atoms with Crippen LogP contribution in [-0.2, 0) is 16.0 Å². The molecule has 3 rings (SSSR count). The molecule has 2 amide bonds. The molecule has 1 atom stereocenters. The van der Waals surface area contributed by atoms with E-state index in [-0.39, 0.29) is 12.3 Å². The highest BCUT2D eigenvalue weighted by Crippen LogP contribution is 2.30. The number of benzene rings is 2. The van der Waals surface area contributed by atoms with Crippen LogP contribution in [0, 0.1) is 11.6 Å². The van der Waals surface area contributed by atoms with Crippen LogP contribution in [0.2, 0.25) is 0 Å². The Hall–Kier alpha value is -2.96. The summed E-state index contributed by atoms with van der Waals surface area (Å²) in [6.07, 6.45) is -0.692. The molecule has 0 saturated carbocycles. The Bertz CT molecular complexity index is 803. The molecular formula is C17H14F2N2O3. The first-order valence-electron chi connectivity index (χ1n) is 7.28. The summed E-state index contributed by atoms with van der Waals surface area (Å²) in [5.74, 6) is -2.04. The third-order valence-corrected chi connectivity index (χ3v) is 3.57. The van der Waals surface area contributed by atoms with E-state index in [4.69, 9.17) is 4.74 Å². The van der Waals surface area contributed by atoms with Crippen LogP contribution >= 0.6 is 0 Å². The fraction of sp³-hybridized carbons (Fsp3) is 0.176. The zero-order valence-electron chi connectivity index (χ0n) is 12.7. The van der Waals surface area contributed by atoms with E-state index < -0.39 is 29.3 Å². The van der Waals surface area contributed by atoms with Crippen molar-refractivity contribution in [2.75, 3.05) is 10.6 Å². The van der Waals surface area contributed by atoms with Crippen LogP contribution in [0.1, 0.15) is 12.5 Å². The van der Waals surface area contributed by atoms with Gasteiger partial charge in [0.25, 0.3) is 5.91 Å². The lowest BCUT2D eigenvalue weighted by Gasteiger charge is -2.23. The molecule has 0 fully saturated rings. The first-order chi connectivity index (χ1) is 11.4. The molecule has 2 aromatic carbocycles. The topological polar surface area (TPSA) is 67.4 Å². The molecule has 1 heterocycles. The summed E-state index contributed by atoms with van der Waals surface area (Å²) < 4.78 is 32.5. The second-order valence-corrected chi connectivity index (χ2v) is 5.40. The number of amides is 2. The van der Waals surface area contributed by atoms with Gasteiger partial charge in [-0.3, -0.25) is 9.59 Å². The first-order valence-corrected chi connectivity index (χ1v) is 7.28. The molecular weight excluding hydrogens is 318 g/mol. The van der Waals surface area contributed by atoms with Crippen LogP contribution in [0.5, 0.6) is 5.75 Å². The number of nitrogens with one attached hydrogen (secondary N) is 2. The van der Waals surface area contributed by atoms with Gasteiger partial charge in [-0.2, -0.15) is 0 Å². The van der Waals surface area contributed by atoms with Crippen molar-refractivity contribution >= 4 is 23.2 Å². The highest BCUT2D eigenvalue weighted by atomic mass is 19.1. The van der Waals surface area contributed by atoms with Crippen LogP contribution < -0.4 is 15.4 Å². The van der Waals surface area contributed by atoms with E-state index in [2.05, 4.69) is 10.6 Å². The lowest BCUT2D eigenvalue weighted by Crippen LogP contribution is -2.34. The van der Waals surface area contributed by atoms with Gasteiger partial charge in [-0.05, 0) is 36.8 Å². The smallest absolute Gasteiger partial charge is 0.265 e. The SMILES string of the molecule is CC1Oc2ccc(CC(=O)Nc3c(F)cccc3F)cc2NC1=O. The monoisotopic (exact) mass is 332 g/mol. The Morgan fingerprint density at radius 3 is 2.67 bits per heavy atom. The number of carbonyl (C=O) groups excluding carboxylic acids is 2. The lowest BCUT2D eigenvalue weighted by atomic mass is 10.1. The third kappa shape index (κ3) is 3.19. The molecule has 1 unspecified atom stereocenters. The summed E-state index contributed by atoms with van der Waals surface area (Å²) in [5.41, 5.74) is 0.549. The Kier molecular flexibility index (Phi) is 4.16. The molecule has 7 heteroatoms. The molecule has 0 bridgehead atoms. The number of fused-ring (bicyclic) bond motifs is 1. The minimum atomic E-state index is -0.844. The standard InChI is InChI=1S/C17H14F2N2O3/c1-9-17(23)20-13-7-10(5-6-14(13)24-9)8-15(22)21-16-11(18)3-2-4-12(16)19/h2-7,9H,8H2,1H3,(H,20,23)(H,21,22). The van der Waals surface area contributed by atoms with Gasteiger partial charge in [-0.25, -0.2) is 8.78 Å². The van der Waals surface area contributed by atoms with Gasteiger partial charge in [-0.15, -0.1) is 0 Å². The molecule has 5 nitrogen and oxygen atoms in total. The van der Waals surface area contributed by atoms with E-state index in [1.807, 2.05) is 0 Å². The fourth-order valence-corrected chi connectivity index (χ4v) is 2.35. The summed E-state index contributed by atoms with van der Waals surface area (Å²) in [7, 11) is 0. The normalized spacial score (nSPS) is 16.0. The molecule has 0 saturated heterocycles. The molecule has 1 aliphatic heterocycles. The van der Waals surface area contributed by atoms with E-state index in [0.717, 1.165) is 12.1 Å². The number of hydrogen-bond acceptors (Lipinski definition) is 3. The summed E-state index contributed by atoms with van der Waals surface area (Å²) in [6, 6.07) is 8.22. The maximum atomic E-state index is 13.5. The van der Waals surface area contributed by atoms with Crippen LogP contribution in [0.4, 0.5) is 20.2 Å². The Labute approximate surface area is 136 Å². The van der Waals surface area contributed by atoms with Gasteiger partial charge in [-0.1, -0.05) is 12.1 Å². The average molecular weight is 332 g/mol. The molecule has 0 aromatic heterocycles. The van der Waals surface area contributed by atoms with Crippen molar-refractivity contribution in [2.24, 2.45) is 0 Å². The number of para-hydroxylation sites is 1. The number of anilines is 2. The quantitative estimate of drug-likeness (QED) is 0.908. The first kappa shape index (κ1) is 15.9. The Balaban J connectivity index is 1.74. The third-order valence-electron chi connectivity index (χ3n) is 3.57. The minimum absolute atomic E-state index is 0.105. The second-order valence-electron chi connectivity index (χ2n) is 5.40. The van der Waals surface area contributed by atoms with Gasteiger partial charge < -0.3 is 15.4 Å². The predicted molar refractivity (Wildman–Crippen MR) is 83.9 cm³/mol. The number of rotatable bonds is 3. The van der Waals surface area contributed by atoms with Crippen LogP contribution in [0.25, 0.3) is 0 Å². The predicted octanol–water partition coefficient (Wildman–Crippen LogP) is 2.87. The maximum absolute atomic E-state index is 13.5. The summed E-state index contributed by atoms with van der Waals surface area (Å²) >= 11 is 0. The minimum Gasteiger partial charge on any atom is -0.479 e. The fourth-order valence-electron chi connectivity index (χ4n) is 2.35. The molecule has 0 spiro atoms. The van der Waals surface area contributed by atoms with E-state index >= 15 is 0 Å². The average Bonchev–Trinajstić information content (AvgIpc) is 2.52. The highest BCUT2D eigenvalue weighted by Gasteiger charge is 2.23. The largest absolute Gasteiger partial charge is 0.479 e. The van der Waals surface area contributed by atoms with Crippen molar-refractivity contribution in [3.8, 4) is 5.75 Å². The number of halogens is 2. The van der Waals surface area contributed by atoms with Crippen molar-refractivity contribution in [1.29, 1.82) is 0 Å². The molecule has 2 aromatic rings. The van der Waals surface area contributed by atoms with Gasteiger partial charge in [0.15, 0.2) is 6.10 Å². The summed E-state index contributed by atoms with van der Waals surface area (Å²) in [6.45, 7) is 1.63. The van der Waals surface area contributed by atoms with E-state index in [1.165, 1.54) is 6.07 Å². The number of carbonyl (C=O) groups is 2. The van der Waals surface area contributed by atoms with Crippen molar-refractivity contribution < 1.29 is 23.1 Å². The van der Waals surface area contributed by atoms with E-state index in [0.29, 0.717) is 17.0 Å². The number of ether oxygens (including phenoxy) is 1. The molecule has 1 aliphatic rings. The molecule has 2 N–H and O–H groups in total. The molecule has 124 valence electrons. The summed E-state index contributed by atoms with van der Waals surface area (Å²) in [5, 5.41) is 4.89. The maximum Gasteiger partial charge on any atom is 0.265 e. The van der Waals surface area contributed by atoms with Crippen LogP contribution in [-0.4, -0.2) is 17.9 Å². The number of hydrogen-bond donors (Lipinski definition) is 2. The van der Waals surface area contributed by atoms with Crippen LogP contribution in [0.3, 0.4) is 0 Å². The summed E-state index contributed by atoms with van der Waals surface area (Å²) in [4.78, 5) is 23.6. The van der Waals surface area contributed by atoms with Crippen molar-refractivity contribution in [2.45, 2.75) is 19.4 Å². The van der Waals surface area contributed by atoms with Gasteiger partial charge in [0.1, 0.15) is 23.1 Å². The second kappa shape index (κ2) is 6.27. The van der Waals surface area contributed by atoms with Gasteiger partial charge >= 0.3 is 0 Å². The van der Waals surface area contributed by atoms with Gasteiger partial charge in [0.2, 0.25) is 5.91 Å².